The van der Waals surface area contributed by atoms with Crippen LogP contribution in [0.2, 0.25) is 0 Å². The van der Waals surface area contributed by atoms with E-state index in [-0.39, 0.29) is 23.3 Å². The van der Waals surface area contributed by atoms with Gasteiger partial charge in [0.1, 0.15) is 5.82 Å². The van der Waals surface area contributed by atoms with E-state index >= 15 is 0 Å². The van der Waals surface area contributed by atoms with Crippen molar-refractivity contribution in [2.24, 2.45) is 5.92 Å². The van der Waals surface area contributed by atoms with Crippen LogP contribution < -0.4 is 10.2 Å². The Labute approximate surface area is 177 Å². The Morgan fingerprint density at radius 1 is 1.06 bits per heavy atom. The summed E-state index contributed by atoms with van der Waals surface area (Å²) in [4.78, 5) is 25.0. The Bertz CT molecular complexity index is 1070. The average Bonchev–Trinajstić information content (AvgIpc) is 2.80. The number of nitrogens with one attached hydrogen (secondary N) is 1. The van der Waals surface area contributed by atoms with Crippen LogP contribution in [0, 0.1) is 21.8 Å². The Morgan fingerprint density at radius 3 is 2.45 bits per heavy atom. The number of nitrogens with zero attached hydrogens (tertiary/aromatic N) is 4. The second kappa shape index (κ2) is 8.86. The van der Waals surface area contributed by atoms with Crippen LogP contribution in [0.4, 0.5) is 21.6 Å². The minimum atomic E-state index is -0.479. The van der Waals surface area contributed by atoms with Gasteiger partial charge in [-0.05, 0) is 61.4 Å². The smallest absolute Gasteiger partial charge is 0.269 e. The number of aromatic nitrogens is 2. The predicted molar refractivity (Wildman–Crippen MR) is 114 cm³/mol. The summed E-state index contributed by atoms with van der Waals surface area (Å²) in [7, 11) is 0. The van der Waals surface area contributed by atoms with Crippen molar-refractivity contribution in [2.75, 3.05) is 23.3 Å². The van der Waals surface area contributed by atoms with Gasteiger partial charge in [0.05, 0.1) is 16.5 Å². The molecule has 1 fully saturated rings. The van der Waals surface area contributed by atoms with E-state index in [2.05, 4.69) is 15.5 Å². The van der Waals surface area contributed by atoms with Gasteiger partial charge in [-0.25, -0.2) is 4.39 Å². The van der Waals surface area contributed by atoms with Gasteiger partial charge in [0.25, 0.3) is 5.69 Å². The van der Waals surface area contributed by atoms with Crippen LogP contribution >= 0.6 is 0 Å². The zero-order valence-corrected chi connectivity index (χ0v) is 16.6. The monoisotopic (exact) mass is 421 g/mol. The molecule has 158 valence electrons. The van der Waals surface area contributed by atoms with Crippen LogP contribution in [0.3, 0.4) is 0 Å². The molecule has 8 nitrogen and oxygen atoms in total. The van der Waals surface area contributed by atoms with E-state index in [1.165, 1.54) is 36.4 Å². The molecule has 1 saturated heterocycles. The van der Waals surface area contributed by atoms with Gasteiger partial charge < -0.3 is 10.2 Å². The first-order valence-electron chi connectivity index (χ1n) is 9.89. The third kappa shape index (κ3) is 4.82. The quantitative estimate of drug-likeness (QED) is 0.493. The van der Waals surface area contributed by atoms with Crippen molar-refractivity contribution in [1.29, 1.82) is 0 Å². The molecule has 1 aromatic heterocycles. The highest BCUT2D eigenvalue weighted by molar-refractivity contribution is 5.93. The normalized spacial score (nSPS) is 16.0. The van der Waals surface area contributed by atoms with E-state index in [0.29, 0.717) is 23.7 Å². The molecular weight excluding hydrogens is 401 g/mol. The van der Waals surface area contributed by atoms with E-state index in [0.717, 1.165) is 24.9 Å². The maximum Gasteiger partial charge on any atom is 0.269 e. The number of non-ortho nitro benzene ring substituents is 1. The molecule has 1 aliphatic heterocycles. The van der Waals surface area contributed by atoms with E-state index in [4.69, 9.17) is 0 Å². The van der Waals surface area contributed by atoms with Gasteiger partial charge in [-0.15, -0.1) is 10.2 Å². The summed E-state index contributed by atoms with van der Waals surface area (Å²) in [6.07, 6.45) is 1.58. The summed E-state index contributed by atoms with van der Waals surface area (Å²) >= 11 is 0. The molecule has 0 radical (unpaired) electrons. The summed E-state index contributed by atoms with van der Waals surface area (Å²) in [5, 5.41) is 22.1. The lowest BCUT2D eigenvalue weighted by atomic mass is 9.97. The maximum absolute atomic E-state index is 13.1. The van der Waals surface area contributed by atoms with Crippen molar-refractivity contribution in [3.05, 3.63) is 76.6 Å². The molecule has 0 bridgehead atoms. The molecule has 3 aromatic rings. The number of rotatable bonds is 5. The molecule has 1 aliphatic rings. The lowest BCUT2D eigenvalue weighted by molar-refractivity contribution is -0.384. The molecule has 0 spiro atoms. The number of anilines is 2. The number of halogens is 1. The van der Waals surface area contributed by atoms with Gasteiger partial charge in [-0.3, -0.25) is 14.9 Å². The van der Waals surface area contributed by atoms with Gasteiger partial charge >= 0.3 is 0 Å². The van der Waals surface area contributed by atoms with Crippen molar-refractivity contribution in [2.45, 2.75) is 12.8 Å². The van der Waals surface area contributed by atoms with Crippen molar-refractivity contribution in [1.82, 2.24) is 10.2 Å². The number of benzene rings is 2. The number of hydrogen-bond donors (Lipinski definition) is 1. The lowest BCUT2D eigenvalue weighted by Gasteiger charge is -2.32. The Hall–Kier alpha value is -3.88. The molecule has 1 N–H and O–H groups in total. The minimum Gasteiger partial charge on any atom is -0.354 e. The third-order valence-electron chi connectivity index (χ3n) is 5.25. The number of piperidine rings is 1. The number of carbonyl (C=O) groups excluding carboxylic acids is 1. The minimum absolute atomic E-state index is 0.0236. The molecule has 9 heteroatoms. The fourth-order valence-electron chi connectivity index (χ4n) is 3.58. The van der Waals surface area contributed by atoms with Crippen LogP contribution in [-0.2, 0) is 4.79 Å². The fourth-order valence-corrected chi connectivity index (χ4v) is 3.58. The van der Waals surface area contributed by atoms with Crippen LogP contribution in [0.15, 0.2) is 60.7 Å². The van der Waals surface area contributed by atoms with Gasteiger partial charge in [0, 0.05) is 36.5 Å². The highest BCUT2D eigenvalue weighted by atomic mass is 19.1. The summed E-state index contributed by atoms with van der Waals surface area (Å²) < 4.78 is 13.1. The van der Waals surface area contributed by atoms with Gasteiger partial charge in [0.15, 0.2) is 5.82 Å². The number of hydrogen-bond acceptors (Lipinski definition) is 6. The summed E-state index contributed by atoms with van der Waals surface area (Å²) in [5.74, 6) is 0.00958. The largest absolute Gasteiger partial charge is 0.354 e. The van der Waals surface area contributed by atoms with Crippen LogP contribution in [-0.4, -0.2) is 34.1 Å². The van der Waals surface area contributed by atoms with E-state index in [9.17, 15) is 19.3 Å². The van der Waals surface area contributed by atoms with E-state index in [1.54, 1.807) is 12.1 Å². The van der Waals surface area contributed by atoms with Crippen molar-refractivity contribution in [3.63, 3.8) is 0 Å². The second-order valence-electron chi connectivity index (χ2n) is 7.36. The van der Waals surface area contributed by atoms with Crippen LogP contribution in [0.1, 0.15) is 12.8 Å². The first kappa shape index (κ1) is 20.4. The van der Waals surface area contributed by atoms with Crippen LogP contribution in [0.25, 0.3) is 11.3 Å². The highest BCUT2D eigenvalue weighted by Gasteiger charge is 2.27. The molecule has 2 heterocycles. The molecule has 0 aliphatic carbocycles. The topological polar surface area (TPSA) is 101 Å². The van der Waals surface area contributed by atoms with Crippen molar-refractivity contribution in [3.8, 4) is 11.3 Å². The molecule has 1 amide bonds. The third-order valence-corrected chi connectivity index (χ3v) is 5.25. The zero-order valence-electron chi connectivity index (χ0n) is 16.6. The second-order valence-corrected chi connectivity index (χ2v) is 7.36. The molecule has 4 rings (SSSR count). The van der Waals surface area contributed by atoms with E-state index in [1.807, 2.05) is 17.0 Å². The molecule has 2 aromatic carbocycles. The van der Waals surface area contributed by atoms with Crippen molar-refractivity contribution < 1.29 is 14.1 Å². The average molecular weight is 421 g/mol. The number of amides is 1. The van der Waals surface area contributed by atoms with Gasteiger partial charge in [-0.1, -0.05) is 0 Å². The van der Waals surface area contributed by atoms with Crippen LogP contribution in [0.5, 0.6) is 0 Å². The SMILES string of the molecule is O=C(Nc1ccc([N+](=O)[O-])cc1)C1CCCN(c2ccc(-c3ccc(F)cc3)nn2)C1. The van der Waals surface area contributed by atoms with Gasteiger partial charge in [0.2, 0.25) is 5.91 Å². The van der Waals surface area contributed by atoms with Crippen molar-refractivity contribution >= 4 is 23.1 Å². The fraction of sp³-hybridized carbons (Fsp3) is 0.227. The number of nitro groups is 1. The first-order valence-corrected chi connectivity index (χ1v) is 9.89. The van der Waals surface area contributed by atoms with E-state index < -0.39 is 4.92 Å². The maximum atomic E-state index is 13.1. The van der Waals surface area contributed by atoms with Gasteiger partial charge in [-0.2, -0.15) is 0 Å². The molecule has 31 heavy (non-hydrogen) atoms. The number of nitro benzene ring substituents is 1. The first-order chi connectivity index (χ1) is 15.0. The number of carbonyl (C=O) groups is 1. The Morgan fingerprint density at radius 2 is 1.81 bits per heavy atom. The Kier molecular flexibility index (Phi) is 5.83. The standard InChI is InChI=1S/C22H20FN5O3/c23-17-5-3-15(4-6-17)20-11-12-21(26-25-20)27-13-1-2-16(14-27)22(29)24-18-7-9-19(10-8-18)28(30)31/h3-12,16H,1-2,13-14H2,(H,24,29). The summed E-state index contributed by atoms with van der Waals surface area (Å²) in [6, 6.07) is 15.5. The molecular formula is C22H20FN5O3. The predicted octanol–water partition coefficient (Wildman–Crippen LogP) is 4.05. The highest BCUT2D eigenvalue weighted by Crippen LogP contribution is 2.25. The lowest BCUT2D eigenvalue weighted by Crippen LogP contribution is -2.41. The summed E-state index contributed by atoms with van der Waals surface area (Å²) in [5.41, 5.74) is 1.92. The Balaban J connectivity index is 1.40. The zero-order chi connectivity index (χ0) is 21.8. The summed E-state index contributed by atoms with van der Waals surface area (Å²) in [6.45, 7) is 1.27. The molecule has 1 unspecified atom stereocenters. The molecule has 0 saturated carbocycles. The molecule has 1 atom stereocenters.